The van der Waals surface area contributed by atoms with E-state index in [0.717, 1.165) is 40.7 Å². The maximum absolute atomic E-state index is 13.7. The van der Waals surface area contributed by atoms with Gasteiger partial charge >= 0.3 is 0 Å². The first-order chi connectivity index (χ1) is 15.1. The van der Waals surface area contributed by atoms with Crippen molar-refractivity contribution in [1.29, 1.82) is 0 Å². The Bertz CT molecular complexity index is 1590. The molecule has 156 valence electrons. The molecule has 0 amide bonds. The smallest absolute Gasteiger partial charge is 0.197 e. The zero-order chi connectivity index (χ0) is 21.7. The predicted octanol–water partition coefficient (Wildman–Crippen LogP) is 4.69. The lowest BCUT2D eigenvalue weighted by Crippen LogP contribution is -2.36. The molecule has 5 heteroatoms. The monoisotopic (exact) mass is 411 g/mol. The highest BCUT2D eigenvalue weighted by atomic mass is 16.1. The Morgan fingerprint density at radius 1 is 0.806 bits per heavy atom. The van der Waals surface area contributed by atoms with Crippen molar-refractivity contribution in [1.82, 2.24) is 9.66 Å². The molecule has 0 aliphatic carbocycles. The Hall–Kier alpha value is -3.60. The third-order valence-electron chi connectivity index (χ3n) is 6.28. The van der Waals surface area contributed by atoms with Crippen LogP contribution in [0.5, 0.6) is 0 Å². The minimum absolute atomic E-state index is 0.00680. The van der Waals surface area contributed by atoms with Gasteiger partial charge in [0.1, 0.15) is 0 Å². The third kappa shape index (κ3) is 2.69. The van der Waals surface area contributed by atoms with E-state index in [2.05, 4.69) is 28.5 Å². The normalized spacial score (nSPS) is 11.7. The van der Waals surface area contributed by atoms with Crippen molar-refractivity contribution in [3.8, 4) is 0 Å². The van der Waals surface area contributed by atoms with Gasteiger partial charge < -0.3 is 9.99 Å². The van der Waals surface area contributed by atoms with Crippen LogP contribution in [-0.4, -0.2) is 22.7 Å². The molecule has 0 unspecified atom stereocenters. The summed E-state index contributed by atoms with van der Waals surface area (Å²) in [5.41, 5.74) is 4.11. The Balaban J connectivity index is 2.13. The predicted molar refractivity (Wildman–Crippen MR) is 130 cm³/mol. The molecule has 0 aliphatic rings. The minimum Gasteiger partial charge on any atom is -0.354 e. The number of benzene rings is 3. The quantitative estimate of drug-likeness (QED) is 0.437. The molecule has 0 radical (unpaired) electrons. The van der Waals surface area contributed by atoms with Gasteiger partial charge in [0.2, 0.25) is 0 Å². The molecule has 5 rings (SSSR count). The first kappa shape index (κ1) is 19.4. The average Bonchev–Trinajstić information content (AvgIpc) is 2.81. The molecule has 0 aliphatic heterocycles. The van der Waals surface area contributed by atoms with Crippen LogP contribution in [0.4, 0.5) is 0 Å². The Morgan fingerprint density at radius 2 is 1.48 bits per heavy atom. The van der Waals surface area contributed by atoms with Crippen LogP contribution in [0.1, 0.15) is 26.3 Å². The largest absolute Gasteiger partial charge is 0.354 e. The molecular weight excluding hydrogens is 386 g/mol. The maximum Gasteiger partial charge on any atom is 0.197 e. The molecule has 5 nitrogen and oxygen atoms in total. The molecule has 31 heavy (non-hydrogen) atoms. The molecule has 0 saturated carbocycles. The van der Waals surface area contributed by atoms with Crippen LogP contribution in [0.25, 0.3) is 43.6 Å². The molecule has 0 bridgehead atoms. The summed E-state index contributed by atoms with van der Waals surface area (Å²) in [5.74, 6) is 0. The van der Waals surface area contributed by atoms with E-state index in [1.807, 2.05) is 61.5 Å². The highest BCUT2D eigenvalue weighted by molar-refractivity contribution is 6.06. The lowest BCUT2D eigenvalue weighted by Gasteiger charge is -2.29. The number of aryl methyl sites for hydroxylation is 1. The summed E-state index contributed by atoms with van der Waals surface area (Å²) in [4.78, 5) is 30.6. The zero-order valence-electron chi connectivity index (χ0n) is 18.0. The zero-order valence-corrected chi connectivity index (χ0v) is 18.0. The van der Waals surface area contributed by atoms with Gasteiger partial charge in [-0.25, -0.2) is 0 Å². The lowest BCUT2D eigenvalue weighted by atomic mass is 9.98. The molecule has 0 saturated heterocycles. The van der Waals surface area contributed by atoms with E-state index in [1.165, 1.54) is 0 Å². The second-order valence-corrected chi connectivity index (χ2v) is 7.82. The SMILES string of the molecule is CCc1c2[nH]c3ccccc3c(=O)c2cc2c1c(=O)c1ccccc1n2N(CC)CC. The number of rotatable bonds is 4. The van der Waals surface area contributed by atoms with Crippen molar-refractivity contribution in [2.45, 2.75) is 27.2 Å². The summed E-state index contributed by atoms with van der Waals surface area (Å²) in [5, 5.41) is 4.86. The van der Waals surface area contributed by atoms with Crippen molar-refractivity contribution in [3.05, 3.63) is 80.6 Å². The number of aromatic nitrogens is 2. The van der Waals surface area contributed by atoms with Gasteiger partial charge in [0.15, 0.2) is 10.9 Å². The van der Waals surface area contributed by atoms with Crippen molar-refractivity contribution in [2.75, 3.05) is 18.1 Å². The summed E-state index contributed by atoms with van der Waals surface area (Å²) in [6, 6.07) is 17.2. The van der Waals surface area contributed by atoms with E-state index in [4.69, 9.17) is 0 Å². The topological polar surface area (TPSA) is 58.1 Å². The van der Waals surface area contributed by atoms with Gasteiger partial charge in [-0.05, 0) is 56.2 Å². The van der Waals surface area contributed by atoms with E-state index in [0.29, 0.717) is 28.0 Å². The number of hydrogen-bond donors (Lipinski definition) is 1. The number of nitrogens with zero attached hydrogens (tertiary/aromatic N) is 2. The summed E-state index contributed by atoms with van der Waals surface area (Å²) in [7, 11) is 0. The van der Waals surface area contributed by atoms with Crippen LogP contribution in [0, 0.1) is 0 Å². The standard InChI is InChI=1S/C26H25N3O2/c1-4-16-23-22(15-19-24(16)27-20-13-9-7-11-17(20)25(19)30)29(28(5-2)6-3)21-14-10-8-12-18(21)26(23)31/h7-15H,4-6H2,1-3H3,(H,27,30). The molecule has 0 spiro atoms. The lowest BCUT2D eigenvalue weighted by molar-refractivity contribution is 0.653. The molecule has 2 heterocycles. The average molecular weight is 412 g/mol. The number of para-hydroxylation sites is 2. The third-order valence-corrected chi connectivity index (χ3v) is 6.28. The van der Waals surface area contributed by atoms with Gasteiger partial charge in [0.25, 0.3) is 0 Å². The van der Waals surface area contributed by atoms with Crippen LogP contribution in [0.2, 0.25) is 0 Å². The highest BCUT2D eigenvalue weighted by Gasteiger charge is 2.20. The molecule has 1 N–H and O–H groups in total. The fraction of sp³-hybridized carbons (Fsp3) is 0.231. The first-order valence-corrected chi connectivity index (χ1v) is 10.9. The van der Waals surface area contributed by atoms with E-state index < -0.39 is 0 Å². The van der Waals surface area contributed by atoms with Gasteiger partial charge in [-0.3, -0.25) is 14.3 Å². The van der Waals surface area contributed by atoms with Crippen molar-refractivity contribution >= 4 is 43.6 Å². The second kappa shape index (κ2) is 7.27. The summed E-state index contributed by atoms with van der Waals surface area (Å²) in [6.07, 6.45) is 0.647. The van der Waals surface area contributed by atoms with E-state index in [9.17, 15) is 9.59 Å². The maximum atomic E-state index is 13.7. The summed E-state index contributed by atoms with van der Waals surface area (Å²) < 4.78 is 2.12. The summed E-state index contributed by atoms with van der Waals surface area (Å²) >= 11 is 0. The fourth-order valence-corrected chi connectivity index (χ4v) is 4.81. The second-order valence-electron chi connectivity index (χ2n) is 7.82. The molecule has 0 atom stereocenters. The molecule has 2 aromatic heterocycles. The number of fused-ring (bicyclic) bond motifs is 4. The van der Waals surface area contributed by atoms with E-state index >= 15 is 0 Å². The Morgan fingerprint density at radius 3 is 2.19 bits per heavy atom. The number of pyridine rings is 2. The van der Waals surface area contributed by atoms with Crippen molar-refractivity contribution in [3.63, 3.8) is 0 Å². The minimum atomic E-state index is -0.00680. The molecule has 0 fully saturated rings. The van der Waals surface area contributed by atoms with Crippen molar-refractivity contribution < 1.29 is 0 Å². The van der Waals surface area contributed by atoms with Gasteiger partial charge in [-0.15, -0.1) is 0 Å². The number of hydrogen-bond acceptors (Lipinski definition) is 3. The van der Waals surface area contributed by atoms with Crippen LogP contribution < -0.4 is 15.9 Å². The highest BCUT2D eigenvalue weighted by Crippen LogP contribution is 2.29. The van der Waals surface area contributed by atoms with E-state index in [-0.39, 0.29) is 10.9 Å². The van der Waals surface area contributed by atoms with Crippen LogP contribution in [0.15, 0.2) is 64.2 Å². The molecular formula is C26H25N3O2. The van der Waals surface area contributed by atoms with Crippen LogP contribution >= 0.6 is 0 Å². The van der Waals surface area contributed by atoms with E-state index in [1.54, 1.807) is 0 Å². The number of aromatic amines is 1. The molecule has 3 aromatic carbocycles. The van der Waals surface area contributed by atoms with Crippen molar-refractivity contribution in [2.24, 2.45) is 0 Å². The first-order valence-electron chi connectivity index (χ1n) is 10.9. The van der Waals surface area contributed by atoms with Gasteiger partial charge in [-0.2, -0.15) is 0 Å². The van der Waals surface area contributed by atoms with Gasteiger partial charge in [0.05, 0.1) is 21.9 Å². The Kier molecular flexibility index (Phi) is 4.54. The number of nitrogens with one attached hydrogen (secondary N) is 1. The fourth-order valence-electron chi connectivity index (χ4n) is 4.81. The summed E-state index contributed by atoms with van der Waals surface area (Å²) in [6.45, 7) is 7.81. The van der Waals surface area contributed by atoms with Gasteiger partial charge in [-0.1, -0.05) is 31.2 Å². The molecule has 5 aromatic rings. The van der Waals surface area contributed by atoms with Crippen LogP contribution in [-0.2, 0) is 6.42 Å². The van der Waals surface area contributed by atoms with Crippen LogP contribution in [0.3, 0.4) is 0 Å². The Labute approximate surface area is 179 Å². The number of H-pyrrole nitrogens is 1. The van der Waals surface area contributed by atoms with Gasteiger partial charge in [0, 0.05) is 34.8 Å².